The van der Waals surface area contributed by atoms with Crippen LogP contribution < -0.4 is 10.0 Å². The summed E-state index contributed by atoms with van der Waals surface area (Å²) in [6.45, 7) is 0. The molecule has 1 aromatic carbocycles. The number of thiazole rings is 1. The molecule has 0 spiro atoms. The third-order valence-corrected chi connectivity index (χ3v) is 4.73. The van der Waals surface area contributed by atoms with Crippen LogP contribution in [0.3, 0.4) is 0 Å². The molecule has 0 atom stereocenters. The molecule has 0 saturated heterocycles. The number of carbonyl (C=O) groups is 1. The van der Waals surface area contributed by atoms with Gasteiger partial charge >= 0.3 is 0 Å². The molecule has 3 aromatic rings. The van der Waals surface area contributed by atoms with Crippen molar-refractivity contribution in [2.45, 2.75) is 6.42 Å². The number of amides is 1. The van der Waals surface area contributed by atoms with E-state index in [-0.39, 0.29) is 5.91 Å². The second-order valence-corrected chi connectivity index (χ2v) is 6.90. The highest BCUT2D eigenvalue weighted by Crippen LogP contribution is 2.27. The second-order valence-electron chi connectivity index (χ2n) is 4.95. The Morgan fingerprint density at radius 2 is 2.00 bits per heavy atom. The highest BCUT2D eigenvalue weighted by Gasteiger charge is 2.11. The van der Waals surface area contributed by atoms with E-state index in [9.17, 15) is 10.0 Å². The second kappa shape index (κ2) is 7.17. The molecule has 0 unspecified atom stereocenters. The van der Waals surface area contributed by atoms with Gasteiger partial charge in [0.2, 0.25) is 0 Å². The van der Waals surface area contributed by atoms with Gasteiger partial charge in [-0.25, -0.2) is 4.98 Å². The van der Waals surface area contributed by atoms with Crippen LogP contribution in [-0.2, 0) is 6.42 Å². The minimum absolute atomic E-state index is 0.322. The van der Waals surface area contributed by atoms with Crippen molar-refractivity contribution in [3.8, 4) is 0 Å². The summed E-state index contributed by atoms with van der Waals surface area (Å²) in [5, 5.41) is 15.4. The number of pyridine rings is 1. The first-order valence-electron chi connectivity index (χ1n) is 6.90. The van der Waals surface area contributed by atoms with Crippen LogP contribution in [0.1, 0.15) is 20.8 Å². The van der Waals surface area contributed by atoms with Crippen LogP contribution in [0.2, 0.25) is 10.0 Å². The minimum Gasteiger partial charge on any atom is -0.619 e. The highest BCUT2D eigenvalue weighted by atomic mass is 35.5. The van der Waals surface area contributed by atoms with E-state index in [1.807, 2.05) is 6.07 Å². The predicted octanol–water partition coefficient (Wildman–Crippen LogP) is 3.93. The van der Waals surface area contributed by atoms with E-state index in [1.165, 1.54) is 35.9 Å². The summed E-state index contributed by atoms with van der Waals surface area (Å²) in [4.78, 5) is 17.2. The van der Waals surface area contributed by atoms with E-state index in [1.54, 1.807) is 18.3 Å². The van der Waals surface area contributed by atoms with Crippen LogP contribution in [0.5, 0.6) is 0 Å². The van der Waals surface area contributed by atoms with E-state index < -0.39 is 0 Å². The van der Waals surface area contributed by atoms with Crippen LogP contribution in [0.25, 0.3) is 0 Å². The van der Waals surface area contributed by atoms with Gasteiger partial charge in [-0.15, -0.1) is 11.3 Å². The lowest BCUT2D eigenvalue weighted by atomic mass is 10.1. The van der Waals surface area contributed by atoms with Gasteiger partial charge in [-0.1, -0.05) is 23.2 Å². The topological polar surface area (TPSA) is 68.9 Å². The summed E-state index contributed by atoms with van der Waals surface area (Å²) in [7, 11) is 0. The molecule has 0 saturated carbocycles. The molecule has 0 aliphatic heterocycles. The monoisotopic (exact) mass is 379 g/mol. The Kier molecular flexibility index (Phi) is 4.99. The first kappa shape index (κ1) is 16.7. The van der Waals surface area contributed by atoms with Gasteiger partial charge in [0.05, 0.1) is 5.56 Å². The third-order valence-electron chi connectivity index (χ3n) is 3.21. The van der Waals surface area contributed by atoms with Crippen molar-refractivity contribution in [2.24, 2.45) is 0 Å². The zero-order chi connectivity index (χ0) is 17.1. The first-order chi connectivity index (χ1) is 11.5. The van der Waals surface area contributed by atoms with Gasteiger partial charge in [-0.3, -0.25) is 10.1 Å². The summed E-state index contributed by atoms with van der Waals surface area (Å²) >= 11 is 13.5. The highest BCUT2D eigenvalue weighted by molar-refractivity contribution is 7.15. The molecule has 24 heavy (non-hydrogen) atoms. The lowest BCUT2D eigenvalue weighted by Gasteiger charge is -2.03. The fraction of sp³-hybridized carbons (Fsp3) is 0.0625. The number of nitrogens with zero attached hydrogens (tertiary/aromatic N) is 2. The van der Waals surface area contributed by atoms with Crippen LogP contribution in [0.15, 0.2) is 48.9 Å². The lowest BCUT2D eigenvalue weighted by Crippen LogP contribution is -2.25. The first-order valence-corrected chi connectivity index (χ1v) is 8.47. The number of anilines is 1. The van der Waals surface area contributed by atoms with Gasteiger partial charge < -0.3 is 5.21 Å². The average Bonchev–Trinajstić information content (AvgIpc) is 2.98. The number of hydrogen-bond donors (Lipinski definition) is 1. The fourth-order valence-electron chi connectivity index (χ4n) is 2.05. The maximum absolute atomic E-state index is 12.1. The van der Waals surface area contributed by atoms with Crippen LogP contribution in [0, 0.1) is 5.21 Å². The Labute approximate surface area is 152 Å². The lowest BCUT2D eigenvalue weighted by molar-refractivity contribution is -0.605. The molecule has 2 aromatic heterocycles. The molecule has 0 aliphatic carbocycles. The third kappa shape index (κ3) is 4.03. The van der Waals surface area contributed by atoms with Crippen molar-refractivity contribution in [1.82, 2.24) is 4.98 Å². The van der Waals surface area contributed by atoms with Gasteiger partial charge in [-0.05, 0) is 23.8 Å². The SMILES string of the molecule is O=C(Nc1ncc(Cc2cc(Cl)ccc2Cl)s1)c1cc[n+]([O-])cc1. The molecule has 0 radical (unpaired) electrons. The fourth-order valence-corrected chi connectivity index (χ4v) is 3.26. The van der Waals surface area contributed by atoms with E-state index in [2.05, 4.69) is 10.3 Å². The number of rotatable bonds is 4. The van der Waals surface area contributed by atoms with Crippen LogP contribution in [0.4, 0.5) is 5.13 Å². The molecule has 0 aliphatic rings. The summed E-state index contributed by atoms with van der Waals surface area (Å²) in [5.41, 5.74) is 1.28. The number of hydrogen-bond acceptors (Lipinski definition) is 4. The van der Waals surface area contributed by atoms with Crippen molar-refractivity contribution in [1.29, 1.82) is 0 Å². The zero-order valence-corrected chi connectivity index (χ0v) is 14.5. The van der Waals surface area contributed by atoms with E-state index in [4.69, 9.17) is 23.2 Å². The molecule has 2 heterocycles. The Hall–Kier alpha value is -2.15. The van der Waals surface area contributed by atoms with Crippen molar-refractivity contribution < 1.29 is 9.52 Å². The predicted molar refractivity (Wildman–Crippen MR) is 94.7 cm³/mol. The van der Waals surface area contributed by atoms with Gasteiger partial charge in [0.15, 0.2) is 17.5 Å². The van der Waals surface area contributed by atoms with Crippen LogP contribution in [-0.4, -0.2) is 10.9 Å². The Balaban J connectivity index is 1.70. The molecule has 1 N–H and O–H groups in total. The number of halogens is 2. The Morgan fingerprint density at radius 1 is 1.25 bits per heavy atom. The molecule has 0 bridgehead atoms. The molecule has 5 nitrogen and oxygen atoms in total. The largest absolute Gasteiger partial charge is 0.619 e. The minimum atomic E-state index is -0.322. The van der Waals surface area contributed by atoms with Crippen molar-refractivity contribution in [2.75, 3.05) is 5.32 Å². The number of nitrogens with one attached hydrogen (secondary N) is 1. The number of carbonyl (C=O) groups excluding carboxylic acids is 1. The smallest absolute Gasteiger partial charge is 0.257 e. The standard InChI is InChI=1S/C16H11Cl2N3O2S/c17-12-1-2-14(18)11(7-12)8-13-9-19-16(24-13)20-15(22)10-3-5-21(23)6-4-10/h1-7,9H,8H2,(H,19,20,22). The Morgan fingerprint density at radius 3 is 2.75 bits per heavy atom. The maximum atomic E-state index is 12.1. The van der Waals surface area contributed by atoms with Gasteiger partial charge in [0.25, 0.3) is 5.91 Å². The summed E-state index contributed by atoms with van der Waals surface area (Å²) < 4.78 is 0.618. The zero-order valence-electron chi connectivity index (χ0n) is 12.2. The van der Waals surface area contributed by atoms with Crippen molar-refractivity contribution in [3.63, 3.8) is 0 Å². The summed E-state index contributed by atoms with van der Waals surface area (Å²) in [6, 6.07) is 8.19. The Bertz CT molecular complexity index is 881. The molecule has 0 fully saturated rings. The van der Waals surface area contributed by atoms with E-state index >= 15 is 0 Å². The number of aromatic nitrogens is 2. The molecule has 122 valence electrons. The molecule has 1 amide bonds. The summed E-state index contributed by atoms with van der Waals surface area (Å²) in [6.07, 6.45) is 4.80. The molecule has 8 heteroatoms. The maximum Gasteiger partial charge on any atom is 0.257 e. The molecule has 3 rings (SSSR count). The van der Waals surface area contributed by atoms with Crippen molar-refractivity contribution >= 4 is 45.6 Å². The summed E-state index contributed by atoms with van der Waals surface area (Å²) in [5.74, 6) is -0.322. The molecular formula is C16H11Cl2N3O2S. The van der Waals surface area contributed by atoms with Gasteiger partial charge in [0, 0.05) is 39.7 Å². The molecular weight excluding hydrogens is 369 g/mol. The number of benzene rings is 1. The van der Waals surface area contributed by atoms with Gasteiger partial charge in [0.1, 0.15) is 0 Å². The van der Waals surface area contributed by atoms with E-state index in [0.717, 1.165) is 10.4 Å². The van der Waals surface area contributed by atoms with Gasteiger partial charge in [-0.2, -0.15) is 4.73 Å². The normalized spacial score (nSPS) is 10.6. The average molecular weight is 380 g/mol. The van der Waals surface area contributed by atoms with Crippen molar-refractivity contribution in [3.05, 3.63) is 80.2 Å². The van der Waals surface area contributed by atoms with E-state index in [0.29, 0.717) is 31.9 Å². The van der Waals surface area contributed by atoms with Crippen LogP contribution >= 0.6 is 34.5 Å². The quantitative estimate of drug-likeness (QED) is 0.551.